The molecule has 19 heavy (non-hydrogen) atoms. The summed E-state index contributed by atoms with van der Waals surface area (Å²) in [6, 6.07) is 7.09. The number of aromatic nitrogens is 2. The van der Waals surface area contributed by atoms with Gasteiger partial charge in [0, 0.05) is 4.90 Å². The number of ether oxygens (including phenoxy) is 1. The molecule has 0 radical (unpaired) electrons. The van der Waals surface area contributed by atoms with Gasteiger partial charge in [0.05, 0.1) is 12.0 Å². The zero-order chi connectivity index (χ0) is 13.8. The molecule has 1 aromatic heterocycles. The maximum Gasteiger partial charge on any atom is 0.343 e. The van der Waals surface area contributed by atoms with E-state index in [4.69, 9.17) is 10.5 Å². The summed E-state index contributed by atoms with van der Waals surface area (Å²) in [5, 5.41) is 11.2. The van der Waals surface area contributed by atoms with E-state index in [0.717, 1.165) is 16.7 Å². The molecule has 0 amide bonds. The van der Waals surface area contributed by atoms with Crippen molar-refractivity contribution >= 4 is 23.3 Å². The monoisotopic (exact) mass is 278 g/mol. The van der Waals surface area contributed by atoms with Gasteiger partial charge in [0.2, 0.25) is 5.82 Å². The quantitative estimate of drug-likeness (QED) is 0.519. The molecular weight excluding hydrogens is 268 g/mol. The zero-order valence-electron chi connectivity index (χ0n) is 9.94. The summed E-state index contributed by atoms with van der Waals surface area (Å²) in [5.41, 5.74) is 5.22. The number of nitrogen functional groups attached to an aromatic ring is 1. The number of nitrogens with zero attached hydrogens (tertiary/aromatic N) is 3. The molecule has 2 rings (SSSR count). The van der Waals surface area contributed by atoms with Crippen LogP contribution >= 0.6 is 11.8 Å². The van der Waals surface area contributed by atoms with Crippen LogP contribution in [0.4, 0.5) is 11.5 Å². The van der Waals surface area contributed by atoms with E-state index in [0.29, 0.717) is 5.75 Å². The van der Waals surface area contributed by atoms with Crippen molar-refractivity contribution in [3.8, 4) is 5.75 Å². The van der Waals surface area contributed by atoms with E-state index >= 15 is 0 Å². The number of rotatable bonds is 4. The third-order valence-electron chi connectivity index (χ3n) is 2.27. The van der Waals surface area contributed by atoms with Crippen molar-refractivity contribution in [1.82, 2.24) is 9.97 Å². The average molecular weight is 278 g/mol. The minimum absolute atomic E-state index is 0.143. The Morgan fingerprint density at radius 3 is 2.58 bits per heavy atom. The van der Waals surface area contributed by atoms with Gasteiger partial charge in [-0.05, 0) is 24.3 Å². The van der Waals surface area contributed by atoms with E-state index in [9.17, 15) is 10.1 Å². The number of hydrogen-bond acceptors (Lipinski definition) is 7. The first kappa shape index (κ1) is 13.1. The van der Waals surface area contributed by atoms with Gasteiger partial charge < -0.3 is 10.5 Å². The molecule has 1 heterocycles. The number of nitro groups is 1. The molecule has 0 aliphatic rings. The van der Waals surface area contributed by atoms with Crippen molar-refractivity contribution in [3.63, 3.8) is 0 Å². The molecule has 0 spiro atoms. The first-order valence-corrected chi connectivity index (χ1v) is 6.00. The highest BCUT2D eigenvalue weighted by Gasteiger charge is 2.21. The molecular formula is C11H10N4O3S. The molecule has 0 fully saturated rings. The molecule has 7 nitrogen and oxygen atoms in total. The van der Waals surface area contributed by atoms with Crippen molar-refractivity contribution in [2.24, 2.45) is 0 Å². The standard InChI is InChI=1S/C11H10N4O3S/c1-18-7-2-4-8(5-3-7)19-11-9(15(16)17)10(12)13-6-14-11/h2-6H,1H3,(H2,12,13,14). The smallest absolute Gasteiger partial charge is 0.343 e. The lowest BCUT2D eigenvalue weighted by Crippen LogP contribution is -2.01. The molecule has 0 saturated heterocycles. The Labute approximate surface area is 113 Å². The van der Waals surface area contributed by atoms with Crippen molar-refractivity contribution in [2.75, 3.05) is 12.8 Å². The largest absolute Gasteiger partial charge is 0.497 e. The highest BCUT2D eigenvalue weighted by atomic mass is 32.2. The van der Waals surface area contributed by atoms with Crippen LogP contribution in [-0.4, -0.2) is 22.0 Å². The number of nitrogens with two attached hydrogens (primary N) is 1. The lowest BCUT2D eigenvalue weighted by Gasteiger charge is -2.04. The maximum absolute atomic E-state index is 10.9. The third-order valence-corrected chi connectivity index (χ3v) is 3.27. The SMILES string of the molecule is COc1ccc(Sc2ncnc(N)c2[N+](=O)[O-])cc1. The predicted molar refractivity (Wildman–Crippen MR) is 70.2 cm³/mol. The van der Waals surface area contributed by atoms with Crippen LogP contribution in [-0.2, 0) is 0 Å². The summed E-state index contributed by atoms with van der Waals surface area (Å²) in [6.07, 6.45) is 1.20. The van der Waals surface area contributed by atoms with Gasteiger partial charge in [-0.25, -0.2) is 9.97 Å². The van der Waals surface area contributed by atoms with E-state index in [1.54, 1.807) is 31.4 Å². The van der Waals surface area contributed by atoms with Gasteiger partial charge >= 0.3 is 5.69 Å². The molecule has 98 valence electrons. The van der Waals surface area contributed by atoms with Crippen LogP contribution in [0.15, 0.2) is 40.5 Å². The Bertz CT molecular complexity index is 603. The lowest BCUT2D eigenvalue weighted by atomic mass is 10.3. The van der Waals surface area contributed by atoms with E-state index in [1.807, 2.05) is 0 Å². The Hall–Kier alpha value is -2.35. The van der Waals surface area contributed by atoms with Crippen molar-refractivity contribution in [2.45, 2.75) is 9.92 Å². The topological polar surface area (TPSA) is 104 Å². The number of methoxy groups -OCH3 is 1. The minimum atomic E-state index is -0.582. The lowest BCUT2D eigenvalue weighted by molar-refractivity contribution is -0.387. The van der Waals surface area contributed by atoms with Crippen molar-refractivity contribution < 1.29 is 9.66 Å². The van der Waals surface area contributed by atoms with Crippen molar-refractivity contribution in [3.05, 3.63) is 40.7 Å². The van der Waals surface area contributed by atoms with E-state index in [2.05, 4.69) is 9.97 Å². The molecule has 0 bridgehead atoms. The second-order valence-electron chi connectivity index (χ2n) is 3.45. The van der Waals surface area contributed by atoms with Gasteiger partial charge in [0.1, 0.15) is 12.1 Å². The number of anilines is 1. The molecule has 0 unspecified atom stereocenters. The second-order valence-corrected chi connectivity index (χ2v) is 4.51. The molecule has 0 saturated carbocycles. The normalized spacial score (nSPS) is 10.2. The van der Waals surface area contributed by atoms with Crippen molar-refractivity contribution in [1.29, 1.82) is 0 Å². The molecule has 2 aromatic rings. The van der Waals surface area contributed by atoms with Gasteiger partial charge in [-0.2, -0.15) is 0 Å². The summed E-state index contributed by atoms with van der Waals surface area (Å²) in [7, 11) is 1.57. The van der Waals surface area contributed by atoms with Crippen LogP contribution in [0.25, 0.3) is 0 Å². The van der Waals surface area contributed by atoms with Gasteiger partial charge in [0.15, 0.2) is 5.03 Å². The first-order valence-electron chi connectivity index (χ1n) is 5.18. The fraction of sp³-hybridized carbons (Fsp3) is 0.0909. The number of hydrogen-bond donors (Lipinski definition) is 1. The van der Waals surface area contributed by atoms with Crippen LogP contribution in [0, 0.1) is 10.1 Å². The molecule has 0 aliphatic carbocycles. The fourth-order valence-corrected chi connectivity index (χ4v) is 2.25. The van der Waals surface area contributed by atoms with E-state index in [-0.39, 0.29) is 16.5 Å². The van der Waals surface area contributed by atoms with Gasteiger partial charge in [-0.3, -0.25) is 10.1 Å². The highest BCUT2D eigenvalue weighted by Crippen LogP contribution is 2.35. The minimum Gasteiger partial charge on any atom is -0.497 e. The average Bonchev–Trinajstić information content (AvgIpc) is 2.39. The Morgan fingerprint density at radius 2 is 2.00 bits per heavy atom. The Kier molecular flexibility index (Phi) is 3.81. The zero-order valence-corrected chi connectivity index (χ0v) is 10.8. The van der Waals surface area contributed by atoms with Gasteiger partial charge in [-0.1, -0.05) is 11.8 Å². The Morgan fingerprint density at radius 1 is 1.32 bits per heavy atom. The van der Waals surface area contributed by atoms with Crippen LogP contribution in [0.5, 0.6) is 5.75 Å². The highest BCUT2D eigenvalue weighted by molar-refractivity contribution is 7.99. The fourth-order valence-electron chi connectivity index (χ4n) is 1.38. The van der Waals surface area contributed by atoms with Crippen LogP contribution in [0.2, 0.25) is 0 Å². The maximum atomic E-state index is 10.9. The summed E-state index contributed by atoms with van der Waals surface area (Å²) in [5.74, 6) is 0.567. The van der Waals surface area contributed by atoms with Gasteiger partial charge in [-0.15, -0.1) is 0 Å². The summed E-state index contributed by atoms with van der Waals surface area (Å²) in [6.45, 7) is 0. The molecule has 8 heteroatoms. The molecule has 0 aliphatic heterocycles. The summed E-state index contributed by atoms with van der Waals surface area (Å²) in [4.78, 5) is 18.7. The third kappa shape index (κ3) is 2.91. The van der Waals surface area contributed by atoms with Crippen LogP contribution in [0.3, 0.4) is 0 Å². The van der Waals surface area contributed by atoms with Crippen LogP contribution < -0.4 is 10.5 Å². The van der Waals surface area contributed by atoms with E-state index in [1.165, 1.54) is 6.33 Å². The van der Waals surface area contributed by atoms with Crippen LogP contribution in [0.1, 0.15) is 0 Å². The summed E-state index contributed by atoms with van der Waals surface area (Å²) < 4.78 is 5.04. The molecule has 0 atom stereocenters. The Balaban J connectivity index is 2.32. The molecule has 2 N–H and O–H groups in total. The van der Waals surface area contributed by atoms with Gasteiger partial charge in [0.25, 0.3) is 0 Å². The summed E-state index contributed by atoms with van der Waals surface area (Å²) >= 11 is 1.15. The number of benzene rings is 1. The molecule has 1 aromatic carbocycles. The second kappa shape index (κ2) is 5.53. The van der Waals surface area contributed by atoms with E-state index < -0.39 is 4.92 Å². The first-order chi connectivity index (χ1) is 9.11. The predicted octanol–water partition coefficient (Wildman–Crippen LogP) is 2.13.